The average molecular weight is 298 g/mol. The highest BCUT2D eigenvalue weighted by Gasteiger charge is 2.19. The lowest BCUT2D eigenvalue weighted by molar-refractivity contribution is 0.436. The van der Waals surface area contributed by atoms with E-state index in [4.69, 9.17) is 10.3 Å². The Hall–Kier alpha value is -2.07. The Kier molecular flexibility index (Phi) is 3.55. The van der Waals surface area contributed by atoms with Crippen LogP contribution < -0.4 is 5.73 Å². The molecule has 2 N–H and O–H groups in total. The molecule has 2 heterocycles. The van der Waals surface area contributed by atoms with Crippen LogP contribution in [-0.2, 0) is 0 Å². The summed E-state index contributed by atoms with van der Waals surface area (Å²) in [6.45, 7) is 6.43. The molecule has 0 saturated heterocycles. The van der Waals surface area contributed by atoms with Gasteiger partial charge >= 0.3 is 0 Å². The van der Waals surface area contributed by atoms with Crippen molar-refractivity contribution in [1.82, 2.24) is 5.16 Å². The molecule has 0 aliphatic heterocycles. The minimum atomic E-state index is 0.438. The SMILES string of the molecule is Cc1cscc1-c1onc(N)c1-c1ccc(C(C)C)cc1. The number of rotatable bonds is 3. The normalized spacial score (nSPS) is 11.2. The van der Waals surface area contributed by atoms with Gasteiger partial charge in [0.05, 0.1) is 5.56 Å². The molecule has 3 rings (SSSR count). The first-order chi connectivity index (χ1) is 10.1. The maximum atomic E-state index is 6.03. The van der Waals surface area contributed by atoms with Crippen molar-refractivity contribution < 1.29 is 4.52 Å². The maximum Gasteiger partial charge on any atom is 0.178 e. The molecule has 0 fully saturated rings. The number of hydrogen-bond acceptors (Lipinski definition) is 4. The highest BCUT2D eigenvalue weighted by Crippen LogP contribution is 2.39. The summed E-state index contributed by atoms with van der Waals surface area (Å²) in [5.74, 6) is 1.70. The maximum absolute atomic E-state index is 6.03. The molecular weight excluding hydrogens is 280 g/mol. The summed E-state index contributed by atoms with van der Waals surface area (Å²) < 4.78 is 5.48. The molecule has 0 radical (unpaired) electrons. The summed E-state index contributed by atoms with van der Waals surface area (Å²) in [4.78, 5) is 0. The van der Waals surface area contributed by atoms with Crippen LogP contribution in [0, 0.1) is 6.92 Å². The van der Waals surface area contributed by atoms with Gasteiger partial charge in [-0.1, -0.05) is 43.3 Å². The van der Waals surface area contributed by atoms with E-state index in [1.165, 1.54) is 11.1 Å². The Balaban J connectivity index is 2.10. The topological polar surface area (TPSA) is 52.0 Å². The number of aromatic nitrogens is 1. The minimum absolute atomic E-state index is 0.438. The van der Waals surface area contributed by atoms with E-state index in [1.807, 2.05) is 0 Å². The molecule has 0 amide bonds. The van der Waals surface area contributed by atoms with Crippen molar-refractivity contribution in [3.63, 3.8) is 0 Å². The van der Waals surface area contributed by atoms with Crippen LogP contribution in [0.3, 0.4) is 0 Å². The van der Waals surface area contributed by atoms with Crippen molar-refractivity contribution in [2.45, 2.75) is 26.7 Å². The number of aryl methyl sites for hydroxylation is 1. The minimum Gasteiger partial charge on any atom is -0.380 e. The van der Waals surface area contributed by atoms with Crippen molar-refractivity contribution in [2.24, 2.45) is 0 Å². The fourth-order valence-corrected chi connectivity index (χ4v) is 3.22. The van der Waals surface area contributed by atoms with Gasteiger partial charge < -0.3 is 10.3 Å². The van der Waals surface area contributed by atoms with Crippen molar-refractivity contribution in [3.8, 4) is 22.5 Å². The third-order valence-electron chi connectivity index (χ3n) is 3.68. The first kappa shape index (κ1) is 13.9. The van der Waals surface area contributed by atoms with Gasteiger partial charge in [0.25, 0.3) is 0 Å². The molecule has 0 bridgehead atoms. The molecule has 0 saturated carbocycles. The van der Waals surface area contributed by atoms with Crippen molar-refractivity contribution in [2.75, 3.05) is 5.73 Å². The molecule has 4 heteroatoms. The Labute approximate surface area is 128 Å². The lowest BCUT2D eigenvalue weighted by atomic mass is 9.97. The second-order valence-electron chi connectivity index (χ2n) is 5.52. The fraction of sp³-hybridized carbons (Fsp3) is 0.235. The summed E-state index contributed by atoms with van der Waals surface area (Å²) in [6.07, 6.45) is 0. The number of nitrogen functional groups attached to an aromatic ring is 1. The van der Waals surface area contributed by atoms with Gasteiger partial charge in [-0.15, -0.1) is 0 Å². The third kappa shape index (κ3) is 2.47. The molecule has 0 aliphatic carbocycles. The van der Waals surface area contributed by atoms with E-state index in [2.05, 4.69) is 61.0 Å². The van der Waals surface area contributed by atoms with E-state index in [1.54, 1.807) is 11.3 Å². The molecule has 0 spiro atoms. The van der Waals surface area contributed by atoms with E-state index >= 15 is 0 Å². The van der Waals surface area contributed by atoms with E-state index in [9.17, 15) is 0 Å². The summed E-state index contributed by atoms with van der Waals surface area (Å²) in [7, 11) is 0. The van der Waals surface area contributed by atoms with E-state index in [-0.39, 0.29) is 0 Å². The average Bonchev–Trinajstić information content (AvgIpc) is 3.04. The van der Waals surface area contributed by atoms with E-state index in [0.29, 0.717) is 11.7 Å². The van der Waals surface area contributed by atoms with Gasteiger partial charge in [0.1, 0.15) is 0 Å². The number of hydrogen-bond donors (Lipinski definition) is 1. The smallest absolute Gasteiger partial charge is 0.178 e. The van der Waals surface area contributed by atoms with Gasteiger partial charge in [-0.3, -0.25) is 0 Å². The van der Waals surface area contributed by atoms with Crippen LogP contribution in [0.2, 0.25) is 0 Å². The molecular formula is C17H18N2OS. The van der Waals surface area contributed by atoms with Crippen LogP contribution in [0.5, 0.6) is 0 Å². The standard InChI is InChI=1S/C17H18N2OS/c1-10(2)12-4-6-13(7-5-12)15-16(20-19-17(15)18)14-9-21-8-11(14)3/h4-10H,1-3H3,(H2,18,19). The summed E-state index contributed by atoms with van der Waals surface area (Å²) in [5, 5.41) is 8.12. The Morgan fingerprint density at radius 2 is 1.86 bits per heavy atom. The Morgan fingerprint density at radius 3 is 2.43 bits per heavy atom. The zero-order valence-corrected chi connectivity index (χ0v) is 13.2. The first-order valence-corrected chi connectivity index (χ1v) is 7.91. The van der Waals surface area contributed by atoms with Crippen LogP contribution in [0.4, 0.5) is 5.82 Å². The number of nitrogens with zero attached hydrogens (tertiary/aromatic N) is 1. The van der Waals surface area contributed by atoms with Crippen molar-refractivity contribution in [3.05, 3.63) is 46.2 Å². The summed E-state index contributed by atoms with van der Waals surface area (Å²) in [5.41, 5.74) is 11.5. The van der Waals surface area contributed by atoms with Crippen molar-refractivity contribution in [1.29, 1.82) is 0 Å². The van der Waals surface area contributed by atoms with Crippen LogP contribution in [-0.4, -0.2) is 5.16 Å². The molecule has 3 aromatic rings. The molecule has 108 valence electrons. The Morgan fingerprint density at radius 1 is 1.14 bits per heavy atom. The highest BCUT2D eigenvalue weighted by atomic mass is 32.1. The molecule has 0 aliphatic rings. The van der Waals surface area contributed by atoms with E-state index < -0.39 is 0 Å². The monoisotopic (exact) mass is 298 g/mol. The fourth-order valence-electron chi connectivity index (χ4n) is 2.39. The van der Waals surface area contributed by atoms with Gasteiger partial charge in [-0.25, -0.2) is 0 Å². The summed E-state index contributed by atoms with van der Waals surface area (Å²) >= 11 is 1.65. The first-order valence-electron chi connectivity index (χ1n) is 6.96. The number of thiophene rings is 1. The second-order valence-corrected chi connectivity index (χ2v) is 6.26. The molecule has 1 aromatic carbocycles. The van der Waals surface area contributed by atoms with Crippen LogP contribution >= 0.6 is 11.3 Å². The van der Waals surface area contributed by atoms with Crippen molar-refractivity contribution >= 4 is 17.2 Å². The largest absolute Gasteiger partial charge is 0.380 e. The van der Waals surface area contributed by atoms with Crippen LogP contribution in [0.25, 0.3) is 22.5 Å². The highest BCUT2D eigenvalue weighted by molar-refractivity contribution is 7.08. The second kappa shape index (κ2) is 5.37. The van der Waals surface area contributed by atoms with Gasteiger partial charge in [0.15, 0.2) is 11.6 Å². The van der Waals surface area contributed by atoms with Gasteiger partial charge in [-0.2, -0.15) is 11.3 Å². The van der Waals surface area contributed by atoms with Gasteiger partial charge in [-0.05, 0) is 34.9 Å². The van der Waals surface area contributed by atoms with Crippen LogP contribution in [0.15, 0.2) is 39.5 Å². The molecule has 21 heavy (non-hydrogen) atoms. The van der Waals surface area contributed by atoms with Gasteiger partial charge in [0.2, 0.25) is 0 Å². The molecule has 0 unspecified atom stereocenters. The Bertz CT molecular complexity index is 753. The molecule has 2 aromatic heterocycles. The lowest BCUT2D eigenvalue weighted by Crippen LogP contribution is -1.91. The zero-order chi connectivity index (χ0) is 15.0. The zero-order valence-electron chi connectivity index (χ0n) is 12.4. The summed E-state index contributed by atoms with van der Waals surface area (Å²) in [6, 6.07) is 8.44. The number of anilines is 1. The lowest BCUT2D eigenvalue weighted by Gasteiger charge is -2.07. The number of benzene rings is 1. The van der Waals surface area contributed by atoms with Crippen LogP contribution in [0.1, 0.15) is 30.9 Å². The quantitative estimate of drug-likeness (QED) is 0.733. The molecule has 3 nitrogen and oxygen atoms in total. The molecule has 0 atom stereocenters. The van der Waals surface area contributed by atoms with E-state index in [0.717, 1.165) is 22.5 Å². The van der Waals surface area contributed by atoms with Gasteiger partial charge in [0, 0.05) is 10.9 Å². The predicted octanol–water partition coefficient (Wildman–Crippen LogP) is 5.08. The number of nitrogens with two attached hydrogens (primary N) is 1. The third-order valence-corrected chi connectivity index (χ3v) is 4.55. The predicted molar refractivity (Wildman–Crippen MR) is 88.5 cm³/mol.